The van der Waals surface area contributed by atoms with Crippen LogP contribution in [0.25, 0.3) is 0 Å². The third-order valence-electron chi connectivity index (χ3n) is 3.21. The van der Waals surface area contributed by atoms with Gasteiger partial charge in [0.2, 0.25) is 0 Å². The van der Waals surface area contributed by atoms with E-state index < -0.39 is 0 Å². The molecule has 17 heavy (non-hydrogen) atoms. The smallest absolute Gasteiger partial charge is 0.122 e. The van der Waals surface area contributed by atoms with Gasteiger partial charge in [-0.15, -0.1) is 0 Å². The molecule has 2 atom stereocenters. The summed E-state index contributed by atoms with van der Waals surface area (Å²) in [6.07, 6.45) is 2.18. The van der Waals surface area contributed by atoms with E-state index in [0.29, 0.717) is 12.0 Å². The summed E-state index contributed by atoms with van der Waals surface area (Å²) in [4.78, 5) is 0. The number of fused-ring (bicyclic) bond motifs is 1. The molecule has 1 aliphatic rings. The average molecular weight is 251 g/mol. The Morgan fingerprint density at radius 3 is 3.12 bits per heavy atom. The molecule has 2 rings (SSSR count). The maximum absolute atomic E-state index is 6.19. The van der Waals surface area contributed by atoms with E-state index in [2.05, 4.69) is 25.1 Å². The van der Waals surface area contributed by atoms with E-state index in [1.807, 2.05) is 17.8 Å². The van der Waals surface area contributed by atoms with Gasteiger partial charge in [0, 0.05) is 11.8 Å². The molecule has 2 unspecified atom stereocenters. The molecule has 0 bridgehead atoms. The van der Waals surface area contributed by atoms with Crippen molar-refractivity contribution in [3.8, 4) is 5.75 Å². The van der Waals surface area contributed by atoms with E-state index in [-0.39, 0.29) is 0 Å². The van der Waals surface area contributed by atoms with E-state index in [1.54, 1.807) is 0 Å². The Bertz CT molecular complexity index is 356. The van der Waals surface area contributed by atoms with Gasteiger partial charge in [-0.25, -0.2) is 0 Å². The zero-order valence-electron chi connectivity index (χ0n) is 10.4. The second-order valence-electron chi connectivity index (χ2n) is 4.53. The molecule has 1 heterocycles. The van der Waals surface area contributed by atoms with Gasteiger partial charge in [-0.2, -0.15) is 11.8 Å². The summed E-state index contributed by atoms with van der Waals surface area (Å²) in [5.74, 6) is 3.85. The summed E-state index contributed by atoms with van der Waals surface area (Å²) in [6, 6.07) is 8.67. The monoisotopic (exact) mass is 251 g/mol. The molecule has 1 aromatic rings. The second kappa shape index (κ2) is 6.31. The van der Waals surface area contributed by atoms with Crippen molar-refractivity contribution in [2.45, 2.75) is 31.7 Å². The van der Waals surface area contributed by atoms with Crippen LogP contribution >= 0.6 is 11.8 Å². The maximum atomic E-state index is 6.19. The fraction of sp³-hybridized carbons (Fsp3) is 0.571. The predicted molar refractivity (Wildman–Crippen MR) is 74.9 cm³/mol. The molecule has 1 aromatic carbocycles. The van der Waals surface area contributed by atoms with Crippen molar-refractivity contribution in [1.82, 2.24) is 0 Å². The molecule has 0 aromatic heterocycles. The molecular weight excluding hydrogens is 230 g/mol. The standard InChI is InChI=1S/C14H21NOS/c1-2-17-10-12(15)9-11-7-8-16-14-6-4-3-5-13(11)14/h3-6,11-12H,2,7-10,15H2,1H3. The molecule has 0 aliphatic carbocycles. The SMILES string of the molecule is CCSCC(N)CC1CCOc2ccccc21. The molecule has 2 nitrogen and oxygen atoms in total. The first kappa shape index (κ1) is 12.8. The Balaban J connectivity index is 1.98. The zero-order valence-corrected chi connectivity index (χ0v) is 11.2. The van der Waals surface area contributed by atoms with Crippen LogP contribution < -0.4 is 10.5 Å². The molecule has 0 fully saturated rings. The van der Waals surface area contributed by atoms with Crippen LogP contribution in [-0.4, -0.2) is 24.2 Å². The van der Waals surface area contributed by atoms with Crippen molar-refractivity contribution in [2.24, 2.45) is 5.73 Å². The normalized spacial score (nSPS) is 20.5. The van der Waals surface area contributed by atoms with Crippen LogP contribution in [0, 0.1) is 0 Å². The highest BCUT2D eigenvalue weighted by Gasteiger charge is 2.22. The van der Waals surface area contributed by atoms with Crippen LogP contribution in [0.4, 0.5) is 0 Å². The number of hydrogen-bond acceptors (Lipinski definition) is 3. The topological polar surface area (TPSA) is 35.2 Å². The van der Waals surface area contributed by atoms with Crippen LogP contribution in [0.5, 0.6) is 5.75 Å². The van der Waals surface area contributed by atoms with Gasteiger partial charge in [-0.05, 0) is 36.1 Å². The second-order valence-corrected chi connectivity index (χ2v) is 5.85. The quantitative estimate of drug-likeness (QED) is 0.873. The first-order valence-corrected chi connectivity index (χ1v) is 7.51. The van der Waals surface area contributed by atoms with Gasteiger partial charge in [0.1, 0.15) is 5.75 Å². The largest absolute Gasteiger partial charge is 0.493 e. The van der Waals surface area contributed by atoms with Crippen LogP contribution in [-0.2, 0) is 0 Å². The maximum Gasteiger partial charge on any atom is 0.122 e. The molecule has 0 saturated carbocycles. The highest BCUT2D eigenvalue weighted by Crippen LogP contribution is 2.36. The van der Waals surface area contributed by atoms with E-state index in [4.69, 9.17) is 10.5 Å². The van der Waals surface area contributed by atoms with Gasteiger partial charge in [0.05, 0.1) is 6.61 Å². The van der Waals surface area contributed by atoms with Gasteiger partial charge >= 0.3 is 0 Å². The van der Waals surface area contributed by atoms with Crippen molar-refractivity contribution >= 4 is 11.8 Å². The lowest BCUT2D eigenvalue weighted by Crippen LogP contribution is -2.27. The molecule has 1 aliphatic heterocycles. The highest BCUT2D eigenvalue weighted by molar-refractivity contribution is 7.99. The van der Waals surface area contributed by atoms with Crippen LogP contribution in [0.15, 0.2) is 24.3 Å². The van der Waals surface area contributed by atoms with E-state index in [9.17, 15) is 0 Å². The molecule has 0 radical (unpaired) electrons. The third-order valence-corrected chi connectivity index (χ3v) is 4.28. The fourth-order valence-electron chi connectivity index (χ4n) is 2.36. The lowest BCUT2D eigenvalue weighted by atomic mass is 9.88. The molecule has 3 heteroatoms. The van der Waals surface area contributed by atoms with E-state index in [0.717, 1.165) is 36.7 Å². The van der Waals surface area contributed by atoms with Crippen molar-refractivity contribution in [3.63, 3.8) is 0 Å². The number of nitrogens with two attached hydrogens (primary N) is 1. The molecule has 0 saturated heterocycles. The van der Waals surface area contributed by atoms with Crippen LogP contribution in [0.1, 0.15) is 31.2 Å². The summed E-state index contributed by atoms with van der Waals surface area (Å²) in [6.45, 7) is 3.01. The minimum Gasteiger partial charge on any atom is -0.493 e. The van der Waals surface area contributed by atoms with Gasteiger partial charge in [-0.1, -0.05) is 25.1 Å². The number of thioether (sulfide) groups is 1. The fourth-order valence-corrected chi connectivity index (χ4v) is 3.04. The zero-order chi connectivity index (χ0) is 12.1. The number of rotatable bonds is 5. The third kappa shape index (κ3) is 3.39. The average Bonchev–Trinajstić information content (AvgIpc) is 2.37. The molecule has 2 N–H and O–H groups in total. The van der Waals surface area contributed by atoms with Crippen molar-refractivity contribution in [3.05, 3.63) is 29.8 Å². The molecular formula is C14H21NOS. The van der Waals surface area contributed by atoms with Crippen molar-refractivity contribution in [2.75, 3.05) is 18.1 Å². The Kier molecular flexibility index (Phi) is 4.75. The van der Waals surface area contributed by atoms with E-state index in [1.165, 1.54) is 5.56 Å². The van der Waals surface area contributed by atoms with Crippen LogP contribution in [0.3, 0.4) is 0 Å². The minimum absolute atomic E-state index is 0.302. The lowest BCUT2D eigenvalue weighted by molar-refractivity contribution is 0.260. The first-order chi connectivity index (χ1) is 8.31. The van der Waals surface area contributed by atoms with Gasteiger partial charge in [0.25, 0.3) is 0 Å². The number of benzene rings is 1. The lowest BCUT2D eigenvalue weighted by Gasteiger charge is -2.27. The van der Waals surface area contributed by atoms with Crippen molar-refractivity contribution in [1.29, 1.82) is 0 Å². The molecule has 0 amide bonds. The Morgan fingerprint density at radius 2 is 2.29 bits per heavy atom. The summed E-state index contributed by atoms with van der Waals surface area (Å²) in [5.41, 5.74) is 7.53. The predicted octanol–water partition coefficient (Wildman–Crippen LogP) is 3.02. The van der Waals surface area contributed by atoms with Gasteiger partial charge < -0.3 is 10.5 Å². The van der Waals surface area contributed by atoms with Crippen LogP contribution in [0.2, 0.25) is 0 Å². The molecule has 0 spiro atoms. The Labute approximate surface area is 108 Å². The summed E-state index contributed by atoms with van der Waals surface area (Å²) in [7, 11) is 0. The number of para-hydroxylation sites is 1. The number of ether oxygens (including phenoxy) is 1. The summed E-state index contributed by atoms with van der Waals surface area (Å²) < 4.78 is 5.67. The first-order valence-electron chi connectivity index (χ1n) is 6.36. The van der Waals surface area contributed by atoms with Gasteiger partial charge in [-0.3, -0.25) is 0 Å². The summed E-state index contributed by atoms with van der Waals surface area (Å²) in [5, 5.41) is 0. The Hall–Kier alpha value is -0.670. The Morgan fingerprint density at radius 1 is 1.47 bits per heavy atom. The summed E-state index contributed by atoms with van der Waals surface area (Å²) >= 11 is 1.93. The van der Waals surface area contributed by atoms with Crippen molar-refractivity contribution < 1.29 is 4.74 Å². The van der Waals surface area contributed by atoms with E-state index >= 15 is 0 Å². The minimum atomic E-state index is 0.302. The highest BCUT2D eigenvalue weighted by atomic mass is 32.2. The number of hydrogen-bond donors (Lipinski definition) is 1. The molecule has 94 valence electrons. The van der Waals surface area contributed by atoms with Gasteiger partial charge in [0.15, 0.2) is 0 Å².